The molecule has 0 saturated carbocycles. The molecule has 0 aliphatic carbocycles. The Kier molecular flexibility index (Phi) is 5.55. The number of nitrogens with one attached hydrogen (secondary N) is 2. The second kappa shape index (κ2) is 8.22. The highest BCUT2D eigenvalue weighted by atomic mass is 19.1. The van der Waals surface area contributed by atoms with Gasteiger partial charge in [0, 0.05) is 18.4 Å². The first-order valence-electron chi connectivity index (χ1n) is 8.26. The normalized spacial score (nSPS) is 10.4. The smallest absolute Gasteiger partial charge is 0.272 e. The fourth-order valence-electron chi connectivity index (χ4n) is 2.30. The van der Waals surface area contributed by atoms with Crippen LogP contribution in [0.1, 0.15) is 28.2 Å². The van der Waals surface area contributed by atoms with E-state index >= 15 is 0 Å². The first-order chi connectivity index (χ1) is 13.0. The van der Waals surface area contributed by atoms with Crippen molar-refractivity contribution in [1.82, 2.24) is 21.0 Å². The number of benzene rings is 2. The van der Waals surface area contributed by atoms with E-state index in [9.17, 15) is 14.0 Å². The van der Waals surface area contributed by atoms with E-state index in [0.717, 1.165) is 17.2 Å². The van der Waals surface area contributed by atoms with Gasteiger partial charge in [0.1, 0.15) is 5.82 Å². The Bertz CT molecular complexity index is 954. The molecule has 2 N–H and O–H groups in total. The van der Waals surface area contributed by atoms with Gasteiger partial charge < -0.3 is 4.52 Å². The van der Waals surface area contributed by atoms with Crippen LogP contribution in [0, 0.1) is 12.7 Å². The van der Waals surface area contributed by atoms with Crippen LogP contribution < -0.4 is 10.9 Å². The van der Waals surface area contributed by atoms with Crippen molar-refractivity contribution in [2.75, 3.05) is 0 Å². The fraction of sp³-hybridized carbons (Fsp3) is 0.158. The summed E-state index contributed by atoms with van der Waals surface area (Å²) in [6, 6.07) is 13.1. The lowest BCUT2D eigenvalue weighted by Crippen LogP contribution is -2.42. The summed E-state index contributed by atoms with van der Waals surface area (Å²) in [4.78, 5) is 27.9. The Morgan fingerprint density at radius 1 is 1.07 bits per heavy atom. The highest BCUT2D eigenvalue weighted by Crippen LogP contribution is 2.16. The van der Waals surface area contributed by atoms with Crippen LogP contribution >= 0.6 is 0 Å². The molecule has 0 aliphatic rings. The summed E-state index contributed by atoms with van der Waals surface area (Å²) in [6.07, 6.45) is 0.230. The number of amides is 2. The van der Waals surface area contributed by atoms with Crippen LogP contribution in [-0.2, 0) is 11.2 Å². The van der Waals surface area contributed by atoms with Gasteiger partial charge in [0.25, 0.3) is 5.91 Å². The van der Waals surface area contributed by atoms with Gasteiger partial charge in [0.2, 0.25) is 17.6 Å². The van der Waals surface area contributed by atoms with Gasteiger partial charge in [-0.3, -0.25) is 20.4 Å². The summed E-state index contributed by atoms with van der Waals surface area (Å²) >= 11 is 0. The average molecular weight is 368 g/mol. The quantitative estimate of drug-likeness (QED) is 0.675. The van der Waals surface area contributed by atoms with Gasteiger partial charge in [0.05, 0.1) is 5.56 Å². The molecule has 1 heterocycles. The van der Waals surface area contributed by atoms with Crippen molar-refractivity contribution in [2.45, 2.75) is 19.8 Å². The summed E-state index contributed by atoms with van der Waals surface area (Å²) in [5, 5.41) is 3.89. The molecule has 2 aromatic carbocycles. The van der Waals surface area contributed by atoms with Crippen LogP contribution in [0.25, 0.3) is 11.4 Å². The SMILES string of the molecule is Cc1ccc(-c2noc(CCC(=O)NNC(=O)c3ccccc3F)n2)cc1. The molecule has 27 heavy (non-hydrogen) atoms. The van der Waals surface area contributed by atoms with E-state index in [1.807, 2.05) is 31.2 Å². The molecule has 3 rings (SSSR count). The van der Waals surface area contributed by atoms with Crippen molar-refractivity contribution in [2.24, 2.45) is 0 Å². The average Bonchev–Trinajstić information content (AvgIpc) is 3.14. The van der Waals surface area contributed by atoms with Crippen molar-refractivity contribution in [3.05, 3.63) is 71.4 Å². The number of halogens is 1. The predicted octanol–water partition coefficient (Wildman–Crippen LogP) is 2.58. The summed E-state index contributed by atoms with van der Waals surface area (Å²) < 4.78 is 18.6. The minimum absolute atomic E-state index is 0.0209. The highest BCUT2D eigenvalue weighted by molar-refractivity contribution is 5.95. The molecule has 2 amide bonds. The number of hydrogen-bond donors (Lipinski definition) is 2. The Hall–Kier alpha value is -3.55. The Balaban J connectivity index is 1.49. The lowest BCUT2D eigenvalue weighted by atomic mass is 10.1. The highest BCUT2D eigenvalue weighted by Gasteiger charge is 2.13. The van der Waals surface area contributed by atoms with E-state index in [1.54, 1.807) is 0 Å². The van der Waals surface area contributed by atoms with Gasteiger partial charge in [0.15, 0.2) is 0 Å². The molecule has 8 heteroatoms. The lowest BCUT2D eigenvalue weighted by molar-refractivity contribution is -0.121. The largest absolute Gasteiger partial charge is 0.339 e. The van der Waals surface area contributed by atoms with E-state index < -0.39 is 17.6 Å². The predicted molar refractivity (Wildman–Crippen MR) is 94.8 cm³/mol. The summed E-state index contributed by atoms with van der Waals surface area (Å²) in [7, 11) is 0. The fourth-order valence-corrected chi connectivity index (χ4v) is 2.30. The zero-order chi connectivity index (χ0) is 19.2. The third kappa shape index (κ3) is 4.75. The van der Waals surface area contributed by atoms with Crippen LogP contribution in [0.15, 0.2) is 53.1 Å². The molecular formula is C19H17FN4O3. The zero-order valence-electron chi connectivity index (χ0n) is 14.5. The molecule has 0 aliphatic heterocycles. The number of nitrogens with zero attached hydrogens (tertiary/aromatic N) is 2. The molecular weight excluding hydrogens is 351 g/mol. The lowest BCUT2D eigenvalue weighted by Gasteiger charge is -2.07. The van der Waals surface area contributed by atoms with Crippen LogP contribution in [-0.4, -0.2) is 22.0 Å². The molecule has 138 valence electrons. The number of aryl methyl sites for hydroxylation is 2. The minimum atomic E-state index is -0.735. The van der Waals surface area contributed by atoms with Crippen molar-refractivity contribution in [1.29, 1.82) is 0 Å². The number of aromatic nitrogens is 2. The van der Waals surface area contributed by atoms with Crippen molar-refractivity contribution in [3.8, 4) is 11.4 Å². The Morgan fingerprint density at radius 2 is 1.81 bits per heavy atom. The first kappa shape index (κ1) is 18.2. The second-order valence-corrected chi connectivity index (χ2v) is 5.86. The van der Waals surface area contributed by atoms with Gasteiger partial charge >= 0.3 is 0 Å². The van der Waals surface area contributed by atoms with E-state index in [2.05, 4.69) is 21.0 Å². The van der Waals surface area contributed by atoms with Crippen molar-refractivity contribution < 1.29 is 18.5 Å². The molecule has 0 spiro atoms. The number of carbonyl (C=O) groups is 2. The van der Waals surface area contributed by atoms with E-state index in [0.29, 0.717) is 11.7 Å². The second-order valence-electron chi connectivity index (χ2n) is 5.86. The van der Waals surface area contributed by atoms with Crippen LogP contribution in [0.3, 0.4) is 0 Å². The number of hydrazine groups is 1. The maximum absolute atomic E-state index is 13.5. The monoisotopic (exact) mass is 368 g/mol. The molecule has 0 atom stereocenters. The number of rotatable bonds is 5. The maximum atomic E-state index is 13.5. The number of hydrogen-bond acceptors (Lipinski definition) is 5. The van der Waals surface area contributed by atoms with E-state index in [1.165, 1.54) is 18.2 Å². The van der Waals surface area contributed by atoms with Crippen molar-refractivity contribution in [3.63, 3.8) is 0 Å². The Labute approximate surface area is 154 Å². The third-order valence-electron chi connectivity index (χ3n) is 3.78. The van der Waals surface area contributed by atoms with Gasteiger partial charge in [-0.15, -0.1) is 0 Å². The molecule has 3 aromatic rings. The Morgan fingerprint density at radius 3 is 2.56 bits per heavy atom. The molecule has 0 bridgehead atoms. The maximum Gasteiger partial charge on any atom is 0.272 e. The van der Waals surface area contributed by atoms with Crippen LogP contribution in [0.5, 0.6) is 0 Å². The zero-order valence-corrected chi connectivity index (χ0v) is 14.5. The summed E-state index contributed by atoms with van der Waals surface area (Å²) in [6.45, 7) is 1.98. The van der Waals surface area contributed by atoms with Crippen LogP contribution in [0.4, 0.5) is 4.39 Å². The van der Waals surface area contributed by atoms with Crippen LogP contribution in [0.2, 0.25) is 0 Å². The van der Waals surface area contributed by atoms with Gasteiger partial charge in [-0.1, -0.05) is 47.1 Å². The molecule has 1 aromatic heterocycles. The molecule has 0 saturated heterocycles. The summed E-state index contributed by atoms with van der Waals surface area (Å²) in [5.41, 5.74) is 6.18. The minimum Gasteiger partial charge on any atom is -0.339 e. The van der Waals surface area contributed by atoms with E-state index in [-0.39, 0.29) is 18.4 Å². The third-order valence-corrected chi connectivity index (χ3v) is 3.78. The molecule has 0 fully saturated rings. The summed E-state index contributed by atoms with van der Waals surface area (Å²) in [5.74, 6) is -1.12. The van der Waals surface area contributed by atoms with Gasteiger partial charge in [-0.25, -0.2) is 4.39 Å². The molecule has 0 radical (unpaired) electrons. The molecule has 0 unspecified atom stereocenters. The first-order valence-corrected chi connectivity index (χ1v) is 8.26. The number of carbonyl (C=O) groups excluding carboxylic acids is 2. The van der Waals surface area contributed by atoms with Crippen molar-refractivity contribution >= 4 is 11.8 Å². The van der Waals surface area contributed by atoms with E-state index in [4.69, 9.17) is 4.52 Å². The van der Waals surface area contributed by atoms with Gasteiger partial charge in [-0.2, -0.15) is 4.98 Å². The standard InChI is InChI=1S/C19H17FN4O3/c1-12-6-8-13(9-7-12)18-21-17(27-24-18)11-10-16(25)22-23-19(26)14-4-2-3-5-15(14)20/h2-9H,10-11H2,1H3,(H,22,25)(H,23,26). The van der Waals surface area contributed by atoms with Gasteiger partial charge in [-0.05, 0) is 19.1 Å². The topological polar surface area (TPSA) is 97.1 Å². The molecule has 7 nitrogen and oxygen atoms in total.